The fourth-order valence-corrected chi connectivity index (χ4v) is 3.56. The van der Waals surface area contributed by atoms with Crippen molar-refractivity contribution in [2.24, 2.45) is 0 Å². The molecule has 0 aliphatic carbocycles. The molecule has 1 aliphatic heterocycles. The van der Waals surface area contributed by atoms with Gasteiger partial charge in [0, 0.05) is 37.9 Å². The number of nitrogens with zero attached hydrogens (tertiary/aromatic N) is 3. The lowest BCUT2D eigenvalue weighted by Crippen LogP contribution is -2.50. The van der Waals surface area contributed by atoms with Gasteiger partial charge >= 0.3 is 12.1 Å². The Morgan fingerprint density at radius 3 is 2.47 bits per heavy atom. The minimum atomic E-state index is -4.52. The number of halogens is 4. The Morgan fingerprint density at radius 2 is 1.84 bits per heavy atom. The summed E-state index contributed by atoms with van der Waals surface area (Å²) in [6.45, 7) is 0.856. The summed E-state index contributed by atoms with van der Waals surface area (Å²) in [5.41, 5.74) is -0.267. The minimum absolute atomic E-state index is 0.0246. The Balaban J connectivity index is 1.49. The first kappa shape index (κ1) is 23.6. The van der Waals surface area contributed by atoms with Crippen LogP contribution >= 0.6 is 11.6 Å². The van der Waals surface area contributed by atoms with Gasteiger partial charge in [0.25, 0.3) is 5.91 Å². The number of hydrogen-bond donors (Lipinski definition) is 0. The molecule has 0 radical (unpaired) electrons. The van der Waals surface area contributed by atoms with Crippen molar-refractivity contribution in [2.45, 2.75) is 12.6 Å². The van der Waals surface area contributed by atoms with Crippen LogP contribution in [0.1, 0.15) is 11.1 Å². The number of carbonyl (C=O) groups is 2. The van der Waals surface area contributed by atoms with E-state index in [2.05, 4.69) is 4.98 Å². The Labute approximate surface area is 187 Å². The number of rotatable bonds is 6. The van der Waals surface area contributed by atoms with E-state index in [9.17, 15) is 22.8 Å². The molecule has 32 heavy (non-hydrogen) atoms. The van der Waals surface area contributed by atoms with Gasteiger partial charge < -0.3 is 19.3 Å². The molecule has 1 fully saturated rings. The van der Waals surface area contributed by atoms with Crippen LogP contribution in [-0.2, 0) is 26.9 Å². The standard InChI is InChI=1S/C21H21ClF3N3O4/c1-31-17-5-3-2-4-14(17)10-19(30)32-13-18(29)27-6-8-28(9-7-27)20-16(22)11-15(12-26-20)21(23,24)25/h2-5,11-12H,6-10,13H2,1H3. The zero-order valence-corrected chi connectivity index (χ0v) is 17.9. The molecule has 1 amide bonds. The van der Waals surface area contributed by atoms with Gasteiger partial charge in [-0.25, -0.2) is 4.98 Å². The summed E-state index contributed by atoms with van der Waals surface area (Å²) in [4.78, 5) is 31.5. The van der Waals surface area contributed by atoms with Gasteiger partial charge in [-0.15, -0.1) is 0 Å². The lowest BCUT2D eigenvalue weighted by atomic mass is 10.1. The molecule has 0 spiro atoms. The fraction of sp³-hybridized carbons (Fsp3) is 0.381. The number of amides is 1. The highest BCUT2D eigenvalue weighted by Gasteiger charge is 2.32. The van der Waals surface area contributed by atoms with Gasteiger partial charge in [-0.05, 0) is 12.1 Å². The van der Waals surface area contributed by atoms with Crippen LogP contribution in [0.25, 0.3) is 0 Å². The molecule has 11 heteroatoms. The predicted octanol–water partition coefficient (Wildman–Crippen LogP) is 3.20. The first-order valence-corrected chi connectivity index (χ1v) is 10.1. The molecule has 2 heterocycles. The molecule has 3 rings (SSSR count). The van der Waals surface area contributed by atoms with E-state index in [0.29, 0.717) is 37.5 Å². The number of methoxy groups -OCH3 is 1. The molecule has 2 aromatic rings. The van der Waals surface area contributed by atoms with Crippen molar-refractivity contribution in [3.05, 3.63) is 52.7 Å². The summed E-state index contributed by atoms with van der Waals surface area (Å²) in [6, 6.07) is 7.85. The van der Waals surface area contributed by atoms with Crippen molar-refractivity contribution in [1.82, 2.24) is 9.88 Å². The van der Waals surface area contributed by atoms with E-state index in [1.807, 2.05) is 0 Å². The number of piperazine rings is 1. The molecular formula is C21H21ClF3N3O4. The Hall–Kier alpha value is -3.01. The van der Waals surface area contributed by atoms with Crippen molar-refractivity contribution in [3.8, 4) is 5.75 Å². The summed E-state index contributed by atoms with van der Waals surface area (Å²) in [6.07, 6.45) is -3.81. The van der Waals surface area contributed by atoms with E-state index < -0.39 is 24.3 Å². The van der Waals surface area contributed by atoms with Crippen molar-refractivity contribution in [3.63, 3.8) is 0 Å². The van der Waals surface area contributed by atoms with Gasteiger partial charge in [0.05, 0.1) is 24.1 Å². The Kier molecular flexibility index (Phi) is 7.44. The van der Waals surface area contributed by atoms with Gasteiger partial charge in [0.2, 0.25) is 0 Å². The van der Waals surface area contributed by atoms with Crippen LogP contribution in [0.2, 0.25) is 5.02 Å². The second-order valence-electron chi connectivity index (χ2n) is 7.04. The number of para-hydroxylation sites is 1. The van der Waals surface area contributed by atoms with Crippen LogP contribution in [0.15, 0.2) is 36.5 Å². The second-order valence-corrected chi connectivity index (χ2v) is 7.45. The summed E-state index contributed by atoms with van der Waals surface area (Å²) >= 11 is 5.99. The third-order valence-electron chi connectivity index (χ3n) is 4.96. The van der Waals surface area contributed by atoms with E-state index in [1.165, 1.54) is 12.0 Å². The molecule has 1 saturated heterocycles. The number of benzene rings is 1. The number of anilines is 1. The normalized spacial score (nSPS) is 14.3. The molecular weight excluding hydrogens is 451 g/mol. The average Bonchev–Trinajstić information content (AvgIpc) is 2.77. The Bertz CT molecular complexity index is 979. The van der Waals surface area contributed by atoms with Crippen molar-refractivity contribution >= 4 is 29.3 Å². The molecule has 1 aromatic heterocycles. The lowest BCUT2D eigenvalue weighted by molar-refractivity contribution is -0.151. The highest BCUT2D eigenvalue weighted by atomic mass is 35.5. The SMILES string of the molecule is COc1ccccc1CC(=O)OCC(=O)N1CCN(c2ncc(C(F)(F)F)cc2Cl)CC1. The first-order valence-electron chi connectivity index (χ1n) is 9.72. The summed E-state index contributed by atoms with van der Waals surface area (Å²) in [7, 11) is 1.50. The molecule has 7 nitrogen and oxygen atoms in total. The van der Waals surface area contributed by atoms with Crippen LogP contribution in [0.5, 0.6) is 5.75 Å². The highest BCUT2D eigenvalue weighted by molar-refractivity contribution is 6.33. The van der Waals surface area contributed by atoms with E-state index in [-0.39, 0.29) is 23.2 Å². The van der Waals surface area contributed by atoms with E-state index in [4.69, 9.17) is 21.1 Å². The van der Waals surface area contributed by atoms with Gasteiger partial charge in [-0.2, -0.15) is 13.2 Å². The maximum absolute atomic E-state index is 12.8. The molecule has 1 aliphatic rings. The number of esters is 1. The number of pyridine rings is 1. The van der Waals surface area contributed by atoms with Crippen molar-refractivity contribution in [1.29, 1.82) is 0 Å². The predicted molar refractivity (Wildman–Crippen MR) is 111 cm³/mol. The number of hydrogen-bond acceptors (Lipinski definition) is 6. The third-order valence-corrected chi connectivity index (χ3v) is 5.24. The lowest BCUT2D eigenvalue weighted by Gasteiger charge is -2.35. The average molecular weight is 472 g/mol. The fourth-order valence-electron chi connectivity index (χ4n) is 3.28. The monoisotopic (exact) mass is 471 g/mol. The maximum Gasteiger partial charge on any atom is 0.417 e. The van der Waals surface area contributed by atoms with Gasteiger partial charge in [0.1, 0.15) is 11.6 Å². The van der Waals surface area contributed by atoms with Crippen LogP contribution < -0.4 is 9.64 Å². The minimum Gasteiger partial charge on any atom is -0.496 e. The highest BCUT2D eigenvalue weighted by Crippen LogP contribution is 2.33. The molecule has 0 N–H and O–H groups in total. The molecule has 172 valence electrons. The molecule has 0 unspecified atom stereocenters. The number of ether oxygens (including phenoxy) is 2. The smallest absolute Gasteiger partial charge is 0.417 e. The van der Waals surface area contributed by atoms with Crippen molar-refractivity contribution < 1.29 is 32.2 Å². The number of aromatic nitrogens is 1. The molecule has 1 aromatic carbocycles. The van der Waals surface area contributed by atoms with Gasteiger partial charge in [0.15, 0.2) is 6.61 Å². The molecule has 0 bridgehead atoms. The van der Waals surface area contributed by atoms with Crippen LogP contribution in [0.3, 0.4) is 0 Å². The number of alkyl halides is 3. The topological polar surface area (TPSA) is 72.0 Å². The maximum atomic E-state index is 12.8. The third kappa shape index (κ3) is 5.82. The largest absolute Gasteiger partial charge is 0.496 e. The quantitative estimate of drug-likeness (QED) is 0.603. The van der Waals surface area contributed by atoms with Gasteiger partial charge in [-0.3, -0.25) is 9.59 Å². The summed E-state index contributed by atoms with van der Waals surface area (Å²) in [5.74, 6) is -0.121. The van der Waals surface area contributed by atoms with Crippen LogP contribution in [0.4, 0.5) is 19.0 Å². The molecule has 0 atom stereocenters. The Morgan fingerprint density at radius 1 is 1.16 bits per heavy atom. The van der Waals surface area contributed by atoms with E-state index in [0.717, 1.165) is 12.3 Å². The zero-order valence-electron chi connectivity index (χ0n) is 17.2. The summed E-state index contributed by atoms with van der Waals surface area (Å²) in [5, 5.41) is -0.107. The first-order chi connectivity index (χ1) is 15.2. The van der Waals surface area contributed by atoms with Crippen LogP contribution in [-0.4, -0.2) is 61.7 Å². The summed E-state index contributed by atoms with van der Waals surface area (Å²) < 4.78 is 48.6. The number of carbonyl (C=O) groups excluding carboxylic acids is 2. The van der Waals surface area contributed by atoms with Crippen LogP contribution in [0, 0.1) is 0 Å². The van der Waals surface area contributed by atoms with Crippen molar-refractivity contribution in [2.75, 3.05) is 44.8 Å². The van der Waals surface area contributed by atoms with E-state index in [1.54, 1.807) is 29.2 Å². The van der Waals surface area contributed by atoms with E-state index >= 15 is 0 Å². The second kappa shape index (κ2) is 10.1. The molecule has 0 saturated carbocycles. The zero-order chi connectivity index (χ0) is 23.3. The van der Waals surface area contributed by atoms with Gasteiger partial charge in [-0.1, -0.05) is 29.8 Å².